The number of hydroxylamine groups is 3. The summed E-state index contributed by atoms with van der Waals surface area (Å²) >= 11 is 0. The quantitative estimate of drug-likeness (QED) is 0.459. The average molecular weight is 185 g/mol. The molecule has 4 heteroatoms. The van der Waals surface area contributed by atoms with Crippen molar-refractivity contribution in [1.29, 1.82) is 0 Å². The van der Waals surface area contributed by atoms with E-state index >= 15 is 0 Å². The first-order chi connectivity index (χ1) is 5.76. The minimum absolute atomic E-state index is 0.329. The molecule has 0 atom stereocenters. The number of amidine groups is 1. The molecule has 0 aromatic rings. The molecule has 0 saturated carbocycles. The lowest BCUT2D eigenvalue weighted by Crippen LogP contribution is -2.53. The van der Waals surface area contributed by atoms with Gasteiger partial charge in [0.1, 0.15) is 5.54 Å². The molecule has 0 aromatic carbocycles. The molecule has 13 heavy (non-hydrogen) atoms. The molecule has 0 aliphatic carbocycles. The lowest BCUT2D eigenvalue weighted by Gasteiger charge is -2.32. The van der Waals surface area contributed by atoms with Crippen molar-refractivity contribution in [3.63, 3.8) is 0 Å². The average Bonchev–Trinajstić information content (AvgIpc) is 2.13. The maximum Gasteiger partial charge on any atom is 0.284 e. The van der Waals surface area contributed by atoms with Gasteiger partial charge in [-0.3, -0.25) is 4.74 Å². The predicted octanol–water partition coefficient (Wildman–Crippen LogP) is 1.52. The SMILES string of the molecule is CCC1=[N+]([O-])C(C)(C)C(C)(C)N1[O]. The highest BCUT2D eigenvalue weighted by atomic mass is 16.5. The van der Waals surface area contributed by atoms with E-state index in [4.69, 9.17) is 0 Å². The van der Waals surface area contributed by atoms with Crippen LogP contribution in [0.3, 0.4) is 0 Å². The van der Waals surface area contributed by atoms with Crippen LogP contribution in [0.5, 0.6) is 0 Å². The van der Waals surface area contributed by atoms with Crippen LogP contribution < -0.4 is 0 Å². The van der Waals surface area contributed by atoms with Crippen LogP contribution in [0.15, 0.2) is 0 Å². The van der Waals surface area contributed by atoms with Gasteiger partial charge in [-0.2, -0.15) is 0 Å². The molecule has 0 unspecified atom stereocenters. The Morgan fingerprint density at radius 2 is 1.85 bits per heavy atom. The first-order valence-electron chi connectivity index (χ1n) is 4.57. The van der Waals surface area contributed by atoms with E-state index < -0.39 is 11.1 Å². The van der Waals surface area contributed by atoms with Crippen LogP contribution >= 0.6 is 0 Å². The largest absolute Gasteiger partial charge is 0.715 e. The Kier molecular flexibility index (Phi) is 2.07. The Morgan fingerprint density at radius 1 is 1.38 bits per heavy atom. The van der Waals surface area contributed by atoms with Crippen molar-refractivity contribution in [3.05, 3.63) is 5.21 Å². The third-order valence-electron chi connectivity index (χ3n) is 3.30. The molecule has 1 aliphatic rings. The van der Waals surface area contributed by atoms with Gasteiger partial charge in [0.2, 0.25) is 0 Å². The van der Waals surface area contributed by atoms with Gasteiger partial charge in [-0.1, -0.05) is 12.0 Å². The predicted molar refractivity (Wildman–Crippen MR) is 49.6 cm³/mol. The lowest BCUT2D eigenvalue weighted by molar-refractivity contribution is -0.540. The van der Waals surface area contributed by atoms with Crippen molar-refractivity contribution >= 4 is 5.84 Å². The van der Waals surface area contributed by atoms with Crippen molar-refractivity contribution in [2.75, 3.05) is 0 Å². The van der Waals surface area contributed by atoms with E-state index in [2.05, 4.69) is 0 Å². The molecule has 0 spiro atoms. The Labute approximate surface area is 79.0 Å². The normalized spacial score (nSPS) is 25.5. The molecule has 0 bridgehead atoms. The Balaban J connectivity index is 3.21. The fourth-order valence-electron chi connectivity index (χ4n) is 1.51. The van der Waals surface area contributed by atoms with Crippen LogP contribution in [0.4, 0.5) is 0 Å². The second-order valence-corrected chi connectivity index (χ2v) is 4.48. The highest BCUT2D eigenvalue weighted by Crippen LogP contribution is 2.36. The zero-order valence-electron chi connectivity index (χ0n) is 8.92. The van der Waals surface area contributed by atoms with Gasteiger partial charge in [0.25, 0.3) is 5.84 Å². The van der Waals surface area contributed by atoms with E-state index in [0.717, 1.165) is 9.80 Å². The Hall–Kier alpha value is -0.770. The van der Waals surface area contributed by atoms with Crippen LogP contribution in [-0.4, -0.2) is 26.7 Å². The van der Waals surface area contributed by atoms with Gasteiger partial charge in [-0.05, 0) is 27.7 Å². The topological polar surface area (TPSA) is 49.2 Å². The van der Waals surface area contributed by atoms with Crippen molar-refractivity contribution in [2.24, 2.45) is 0 Å². The van der Waals surface area contributed by atoms with Gasteiger partial charge in [0, 0.05) is 11.6 Å². The van der Waals surface area contributed by atoms with Crippen LogP contribution in [-0.2, 0) is 5.21 Å². The van der Waals surface area contributed by atoms with Crippen LogP contribution in [0.2, 0.25) is 0 Å². The molecule has 0 N–H and O–H groups in total. The maximum atomic E-state index is 11.7. The summed E-state index contributed by atoms with van der Waals surface area (Å²) in [4.78, 5) is 0. The molecular weight excluding hydrogens is 168 g/mol. The van der Waals surface area contributed by atoms with E-state index in [1.165, 1.54) is 0 Å². The van der Waals surface area contributed by atoms with Crippen LogP contribution in [0, 0.1) is 5.21 Å². The Bertz CT molecular complexity index is 256. The molecule has 0 amide bonds. The molecule has 0 saturated heterocycles. The van der Waals surface area contributed by atoms with Crippen LogP contribution in [0.1, 0.15) is 41.0 Å². The monoisotopic (exact) mass is 185 g/mol. The van der Waals surface area contributed by atoms with Crippen LogP contribution in [0.25, 0.3) is 0 Å². The van der Waals surface area contributed by atoms with Gasteiger partial charge < -0.3 is 5.21 Å². The zero-order chi connectivity index (χ0) is 10.4. The summed E-state index contributed by atoms with van der Waals surface area (Å²) in [6.07, 6.45) is 0.486. The summed E-state index contributed by atoms with van der Waals surface area (Å²) in [5, 5.41) is 24.3. The summed E-state index contributed by atoms with van der Waals surface area (Å²) in [5.41, 5.74) is -1.31. The summed E-state index contributed by atoms with van der Waals surface area (Å²) in [5.74, 6) is 0.329. The molecule has 75 valence electrons. The third-order valence-corrected chi connectivity index (χ3v) is 3.30. The van der Waals surface area contributed by atoms with Gasteiger partial charge in [0.15, 0.2) is 5.54 Å². The number of rotatable bonds is 1. The van der Waals surface area contributed by atoms with Crippen molar-refractivity contribution < 1.29 is 9.95 Å². The molecule has 1 radical (unpaired) electrons. The van der Waals surface area contributed by atoms with E-state index in [-0.39, 0.29) is 0 Å². The fourth-order valence-corrected chi connectivity index (χ4v) is 1.51. The molecular formula is C9H17N2O2. The lowest BCUT2D eigenvalue weighted by atomic mass is 9.84. The highest BCUT2D eigenvalue weighted by Gasteiger charge is 2.58. The number of hydrogen-bond acceptors (Lipinski definition) is 2. The highest BCUT2D eigenvalue weighted by molar-refractivity contribution is 5.78. The minimum atomic E-state index is -0.653. The zero-order valence-corrected chi connectivity index (χ0v) is 8.92. The second kappa shape index (κ2) is 2.61. The van der Waals surface area contributed by atoms with Gasteiger partial charge in [-0.15, -0.1) is 0 Å². The first-order valence-corrected chi connectivity index (χ1v) is 4.57. The Morgan fingerprint density at radius 3 is 2.00 bits per heavy atom. The van der Waals surface area contributed by atoms with Crippen molar-refractivity contribution in [1.82, 2.24) is 5.06 Å². The minimum Gasteiger partial charge on any atom is -0.715 e. The summed E-state index contributed by atoms with van der Waals surface area (Å²) in [6, 6.07) is 0. The van der Waals surface area contributed by atoms with E-state index in [9.17, 15) is 10.4 Å². The maximum absolute atomic E-state index is 11.7. The smallest absolute Gasteiger partial charge is 0.284 e. The summed E-state index contributed by atoms with van der Waals surface area (Å²) in [7, 11) is 0. The first kappa shape index (κ1) is 10.3. The second-order valence-electron chi connectivity index (χ2n) is 4.48. The molecule has 1 aliphatic heterocycles. The van der Waals surface area contributed by atoms with E-state index in [1.54, 1.807) is 27.7 Å². The molecule has 1 heterocycles. The van der Waals surface area contributed by atoms with Crippen molar-refractivity contribution in [2.45, 2.75) is 52.1 Å². The standard InChI is InChI=1S/C9H17N2O2/c1-6-7-10(12)8(2,3)9(4,5)11(7)13/h6H2,1-5H3. The van der Waals surface area contributed by atoms with E-state index in [0.29, 0.717) is 12.3 Å². The number of nitrogens with zero attached hydrogens (tertiary/aromatic N) is 2. The third kappa shape index (κ3) is 1.05. The molecule has 0 aromatic heterocycles. The van der Waals surface area contributed by atoms with Crippen molar-refractivity contribution in [3.8, 4) is 0 Å². The summed E-state index contributed by atoms with van der Waals surface area (Å²) in [6.45, 7) is 9.02. The molecule has 1 rings (SSSR count). The van der Waals surface area contributed by atoms with Gasteiger partial charge >= 0.3 is 0 Å². The van der Waals surface area contributed by atoms with E-state index in [1.807, 2.05) is 6.92 Å². The fraction of sp³-hybridized carbons (Fsp3) is 0.889. The number of hydrogen-bond donors (Lipinski definition) is 0. The molecule has 4 nitrogen and oxygen atoms in total. The van der Waals surface area contributed by atoms with Gasteiger partial charge in [-0.25, -0.2) is 0 Å². The van der Waals surface area contributed by atoms with Gasteiger partial charge in [0.05, 0.1) is 0 Å². The summed E-state index contributed by atoms with van der Waals surface area (Å²) < 4.78 is 0.847. The molecule has 0 fully saturated rings.